The summed E-state index contributed by atoms with van der Waals surface area (Å²) in [5, 5.41) is 2.59. The number of carbonyl (C=O) groups is 2. The number of aryl methyl sites for hydroxylation is 1. The van der Waals surface area contributed by atoms with Gasteiger partial charge in [-0.05, 0) is 31.4 Å². The first-order valence-corrected chi connectivity index (χ1v) is 9.62. The summed E-state index contributed by atoms with van der Waals surface area (Å²) in [5.41, 5.74) is 1.06. The Balaban J connectivity index is 1.54. The first kappa shape index (κ1) is 23.5. The number of halogens is 5. The van der Waals surface area contributed by atoms with Crippen LogP contribution in [0, 0.1) is 12.8 Å². The van der Waals surface area contributed by atoms with E-state index in [2.05, 4.69) is 25.0 Å². The van der Waals surface area contributed by atoms with E-state index < -0.39 is 30.5 Å². The lowest BCUT2D eigenvalue weighted by molar-refractivity contribution is -0.290. The molecule has 2 heterocycles. The van der Waals surface area contributed by atoms with Crippen LogP contribution in [0.3, 0.4) is 0 Å². The minimum absolute atomic E-state index is 0.00971. The van der Waals surface area contributed by atoms with Gasteiger partial charge in [0, 0.05) is 30.4 Å². The van der Waals surface area contributed by atoms with Crippen LogP contribution >= 0.6 is 0 Å². The maximum absolute atomic E-state index is 12.9. The van der Waals surface area contributed by atoms with Crippen molar-refractivity contribution >= 4 is 11.7 Å². The Labute approximate surface area is 179 Å². The number of alkyl halides is 5. The first-order chi connectivity index (χ1) is 14.9. The van der Waals surface area contributed by atoms with Crippen LogP contribution < -0.4 is 10.1 Å². The van der Waals surface area contributed by atoms with Crippen LogP contribution in [0.4, 0.5) is 22.0 Å². The van der Waals surface area contributed by atoms with Gasteiger partial charge in [-0.15, -0.1) is 0 Å². The van der Waals surface area contributed by atoms with E-state index in [0.717, 1.165) is 18.9 Å². The number of hydrogen-bond acceptors (Lipinski definition) is 6. The molecule has 0 spiro atoms. The molecule has 0 aliphatic heterocycles. The van der Waals surface area contributed by atoms with Crippen molar-refractivity contribution in [2.24, 2.45) is 5.92 Å². The predicted molar refractivity (Wildman–Crippen MR) is 100 cm³/mol. The Bertz CT molecular complexity index is 992. The monoisotopic (exact) mass is 458 g/mol. The van der Waals surface area contributed by atoms with Crippen LogP contribution in [0.5, 0.6) is 5.88 Å². The van der Waals surface area contributed by atoms with E-state index in [4.69, 9.17) is 0 Å². The summed E-state index contributed by atoms with van der Waals surface area (Å²) in [6.07, 6.45) is -2.76. The summed E-state index contributed by atoms with van der Waals surface area (Å²) in [7, 11) is 0. The number of ether oxygens (including phenoxy) is 1. The molecule has 2 aromatic heterocycles. The normalized spacial score (nSPS) is 14.2. The molecule has 0 atom stereocenters. The van der Waals surface area contributed by atoms with Gasteiger partial charge in [-0.3, -0.25) is 9.59 Å². The van der Waals surface area contributed by atoms with Crippen LogP contribution in [0.15, 0.2) is 24.4 Å². The highest BCUT2D eigenvalue weighted by Gasteiger charge is 2.58. The van der Waals surface area contributed by atoms with Crippen molar-refractivity contribution in [1.29, 1.82) is 0 Å². The van der Waals surface area contributed by atoms with E-state index in [1.807, 2.05) is 0 Å². The van der Waals surface area contributed by atoms with Gasteiger partial charge in [0.05, 0.1) is 6.42 Å². The molecule has 1 saturated carbocycles. The molecule has 12 heteroatoms. The van der Waals surface area contributed by atoms with Gasteiger partial charge in [-0.2, -0.15) is 22.0 Å². The number of ketones is 1. The second kappa shape index (κ2) is 9.13. The van der Waals surface area contributed by atoms with Gasteiger partial charge in [-0.25, -0.2) is 15.0 Å². The van der Waals surface area contributed by atoms with Crippen LogP contribution in [0.25, 0.3) is 0 Å². The number of aromatic nitrogens is 3. The molecule has 0 bridgehead atoms. The van der Waals surface area contributed by atoms with Gasteiger partial charge in [-0.1, -0.05) is 6.07 Å². The summed E-state index contributed by atoms with van der Waals surface area (Å²) in [6.45, 7) is -0.225. The molecule has 1 N–H and O–H groups in total. The lowest BCUT2D eigenvalue weighted by atomic mass is 10.2. The molecule has 1 aliphatic rings. The number of nitrogens with one attached hydrogen (secondary N) is 1. The zero-order valence-corrected chi connectivity index (χ0v) is 16.9. The molecular weight excluding hydrogens is 439 g/mol. The Kier molecular flexibility index (Phi) is 6.70. The third kappa shape index (κ3) is 6.17. The number of hydrogen-bond donors (Lipinski definition) is 1. The Morgan fingerprint density at radius 2 is 1.88 bits per heavy atom. The van der Waals surface area contributed by atoms with Crippen molar-refractivity contribution in [2.45, 2.75) is 44.8 Å². The topological polar surface area (TPSA) is 94.1 Å². The summed E-state index contributed by atoms with van der Waals surface area (Å²) >= 11 is 0. The number of Topliss-reactive ketones (excluding diaryl/α,β-unsaturated/α-hetero) is 1. The summed E-state index contributed by atoms with van der Waals surface area (Å²) in [5.74, 6) is -5.58. The second-order valence-electron chi connectivity index (χ2n) is 7.41. The van der Waals surface area contributed by atoms with Crippen LogP contribution in [0.1, 0.15) is 40.4 Å². The third-order valence-electron chi connectivity index (χ3n) is 4.56. The molecule has 3 rings (SSSR count). The molecule has 0 radical (unpaired) electrons. The number of pyridine rings is 1. The van der Waals surface area contributed by atoms with Crippen molar-refractivity contribution in [3.8, 4) is 5.88 Å². The predicted octanol–water partition coefficient (Wildman–Crippen LogP) is 3.21. The van der Waals surface area contributed by atoms with Gasteiger partial charge in [0.1, 0.15) is 17.3 Å². The highest BCUT2D eigenvalue weighted by molar-refractivity contribution is 5.92. The van der Waals surface area contributed by atoms with Gasteiger partial charge in [0.25, 0.3) is 5.91 Å². The van der Waals surface area contributed by atoms with E-state index in [-0.39, 0.29) is 36.2 Å². The molecule has 0 aromatic carbocycles. The number of carbonyl (C=O) groups excluding carboxylic acids is 2. The molecule has 32 heavy (non-hydrogen) atoms. The average molecular weight is 458 g/mol. The first-order valence-electron chi connectivity index (χ1n) is 9.62. The van der Waals surface area contributed by atoms with Crippen molar-refractivity contribution in [1.82, 2.24) is 20.3 Å². The fourth-order valence-corrected chi connectivity index (χ4v) is 2.65. The molecule has 7 nitrogen and oxygen atoms in total. The number of nitrogens with zero attached hydrogens (tertiary/aromatic N) is 3. The average Bonchev–Trinajstić information content (AvgIpc) is 3.55. The maximum atomic E-state index is 12.9. The molecule has 0 unspecified atom stereocenters. The quantitative estimate of drug-likeness (QED) is 0.580. The van der Waals surface area contributed by atoms with Gasteiger partial charge < -0.3 is 10.1 Å². The van der Waals surface area contributed by atoms with Crippen LogP contribution in [-0.2, 0) is 17.8 Å². The largest absolute Gasteiger partial charge is 0.471 e. The molecule has 0 saturated heterocycles. The molecule has 1 amide bonds. The van der Waals surface area contributed by atoms with E-state index in [1.54, 1.807) is 6.92 Å². The highest BCUT2D eigenvalue weighted by atomic mass is 19.4. The van der Waals surface area contributed by atoms with E-state index >= 15 is 0 Å². The van der Waals surface area contributed by atoms with Crippen molar-refractivity contribution in [3.63, 3.8) is 0 Å². The highest BCUT2D eigenvalue weighted by Crippen LogP contribution is 2.35. The van der Waals surface area contributed by atoms with Crippen LogP contribution in [-0.4, -0.2) is 45.3 Å². The second-order valence-corrected chi connectivity index (χ2v) is 7.41. The molecule has 172 valence electrons. The Morgan fingerprint density at radius 1 is 1.16 bits per heavy atom. The number of rotatable bonds is 9. The standard InChI is InChI=1S/C20H19F5N4O3/c1-11-6-14(29-16(28-11)7-15(30)13-3-4-13)18(31)27-9-12-2-5-17(26-8-12)32-10-19(21,22)20(23,24)25/h2,5-6,8,13H,3-4,7,9-10H2,1H3,(H,27,31). The van der Waals surface area contributed by atoms with Gasteiger partial charge in [0.15, 0.2) is 6.61 Å². The summed E-state index contributed by atoms with van der Waals surface area (Å²) in [6, 6.07) is 3.94. The molecule has 1 aliphatic carbocycles. The Morgan fingerprint density at radius 3 is 2.47 bits per heavy atom. The Hall–Kier alpha value is -3.18. The van der Waals surface area contributed by atoms with E-state index in [0.29, 0.717) is 11.3 Å². The molecular formula is C20H19F5N4O3. The zero-order chi connectivity index (χ0) is 23.5. The van der Waals surface area contributed by atoms with Crippen molar-refractivity contribution < 1.29 is 36.3 Å². The fraction of sp³-hybridized carbons (Fsp3) is 0.450. The SMILES string of the molecule is Cc1cc(C(=O)NCc2ccc(OCC(F)(F)C(F)(F)F)nc2)nc(CC(=O)C2CC2)n1. The zero-order valence-electron chi connectivity index (χ0n) is 16.9. The summed E-state index contributed by atoms with van der Waals surface area (Å²) < 4.78 is 66.6. The summed E-state index contributed by atoms with van der Waals surface area (Å²) in [4.78, 5) is 36.3. The minimum atomic E-state index is -5.72. The number of amides is 1. The third-order valence-corrected chi connectivity index (χ3v) is 4.56. The lowest BCUT2D eigenvalue weighted by Gasteiger charge is -2.19. The maximum Gasteiger partial charge on any atom is 0.456 e. The minimum Gasteiger partial charge on any atom is -0.471 e. The van der Waals surface area contributed by atoms with Crippen molar-refractivity contribution in [2.75, 3.05) is 6.61 Å². The van der Waals surface area contributed by atoms with Gasteiger partial charge in [0.2, 0.25) is 5.88 Å². The van der Waals surface area contributed by atoms with E-state index in [1.165, 1.54) is 18.3 Å². The van der Waals surface area contributed by atoms with E-state index in [9.17, 15) is 31.5 Å². The molecule has 1 fully saturated rings. The molecule has 2 aromatic rings. The lowest BCUT2D eigenvalue weighted by Crippen LogP contribution is -2.41. The fourth-order valence-electron chi connectivity index (χ4n) is 2.65. The smallest absolute Gasteiger partial charge is 0.456 e. The van der Waals surface area contributed by atoms with Crippen molar-refractivity contribution in [3.05, 3.63) is 47.2 Å². The van der Waals surface area contributed by atoms with Gasteiger partial charge >= 0.3 is 12.1 Å². The van der Waals surface area contributed by atoms with Crippen LogP contribution in [0.2, 0.25) is 0 Å².